The molecule has 0 radical (unpaired) electrons. The minimum Gasteiger partial charge on any atom is -0.409 e. The molecule has 3 aromatic rings. The lowest BCUT2D eigenvalue weighted by Gasteiger charge is -2.02. The molecule has 0 aliphatic rings. The van der Waals surface area contributed by atoms with E-state index in [1.165, 1.54) is 0 Å². The summed E-state index contributed by atoms with van der Waals surface area (Å²) in [5, 5.41) is 14.6. The summed E-state index contributed by atoms with van der Waals surface area (Å²) in [6, 6.07) is 10.9. The molecule has 22 heavy (non-hydrogen) atoms. The van der Waals surface area contributed by atoms with Crippen molar-refractivity contribution in [2.45, 2.75) is 12.1 Å². The smallest absolute Gasteiger partial charge is 0.277 e. The maximum absolute atomic E-state index is 11.8. The van der Waals surface area contributed by atoms with E-state index in [2.05, 4.69) is 20.7 Å². The first-order valence-corrected chi connectivity index (χ1v) is 7.44. The van der Waals surface area contributed by atoms with Crippen molar-refractivity contribution in [2.75, 3.05) is 11.1 Å². The Morgan fingerprint density at radius 1 is 1.27 bits per heavy atom. The number of para-hydroxylation sites is 1. The monoisotopic (exact) mass is 316 g/mol. The van der Waals surface area contributed by atoms with Crippen molar-refractivity contribution in [1.29, 1.82) is 0 Å². The van der Waals surface area contributed by atoms with E-state index in [4.69, 9.17) is 8.94 Å². The third kappa shape index (κ3) is 3.53. The van der Waals surface area contributed by atoms with Crippen molar-refractivity contribution in [3.63, 3.8) is 0 Å². The molecule has 2 heterocycles. The normalized spacial score (nSPS) is 10.6. The van der Waals surface area contributed by atoms with Crippen molar-refractivity contribution in [3.05, 3.63) is 42.2 Å². The summed E-state index contributed by atoms with van der Waals surface area (Å²) in [5.74, 6) is 0.953. The first-order valence-electron chi connectivity index (χ1n) is 6.45. The number of thioether (sulfide) groups is 1. The lowest BCUT2D eigenvalue weighted by atomic mass is 10.3. The molecular weight excluding hydrogens is 304 g/mol. The largest absolute Gasteiger partial charge is 0.409 e. The van der Waals surface area contributed by atoms with Crippen LogP contribution in [0.3, 0.4) is 0 Å². The Morgan fingerprint density at radius 2 is 2.09 bits per heavy atom. The van der Waals surface area contributed by atoms with E-state index in [-0.39, 0.29) is 17.6 Å². The second kappa shape index (κ2) is 6.44. The number of hydrogen-bond donors (Lipinski definition) is 1. The second-order valence-corrected chi connectivity index (χ2v) is 5.33. The number of anilines is 1. The summed E-state index contributed by atoms with van der Waals surface area (Å²) < 4.78 is 10.4. The van der Waals surface area contributed by atoms with Gasteiger partial charge >= 0.3 is 0 Å². The summed E-state index contributed by atoms with van der Waals surface area (Å²) >= 11 is 1.16. The Morgan fingerprint density at radius 3 is 2.82 bits per heavy atom. The van der Waals surface area contributed by atoms with Crippen LogP contribution in [0.5, 0.6) is 0 Å². The van der Waals surface area contributed by atoms with E-state index in [0.29, 0.717) is 16.7 Å². The molecule has 0 fully saturated rings. The zero-order chi connectivity index (χ0) is 15.4. The topological polar surface area (TPSA) is 94.1 Å². The van der Waals surface area contributed by atoms with Crippen LogP contribution in [0.15, 0.2) is 50.6 Å². The van der Waals surface area contributed by atoms with Gasteiger partial charge in [0.25, 0.3) is 11.1 Å². The van der Waals surface area contributed by atoms with Gasteiger partial charge in [-0.25, -0.2) is 0 Å². The highest BCUT2D eigenvalue weighted by Gasteiger charge is 2.14. The van der Waals surface area contributed by atoms with Gasteiger partial charge in [-0.2, -0.15) is 0 Å². The molecule has 0 unspecified atom stereocenters. The summed E-state index contributed by atoms with van der Waals surface area (Å²) in [6.45, 7) is 1.77. The lowest BCUT2D eigenvalue weighted by molar-refractivity contribution is -0.113. The Labute approximate surface area is 130 Å². The quantitative estimate of drug-likeness (QED) is 0.723. The van der Waals surface area contributed by atoms with Crippen LogP contribution in [-0.2, 0) is 4.79 Å². The van der Waals surface area contributed by atoms with Crippen molar-refractivity contribution >= 4 is 23.4 Å². The van der Waals surface area contributed by atoms with E-state index in [1.54, 1.807) is 13.0 Å². The molecule has 0 aliphatic heterocycles. The third-order valence-corrected chi connectivity index (χ3v) is 3.46. The fourth-order valence-corrected chi connectivity index (χ4v) is 2.25. The van der Waals surface area contributed by atoms with Gasteiger partial charge in [0.1, 0.15) is 5.76 Å². The van der Waals surface area contributed by atoms with Crippen molar-refractivity contribution in [3.8, 4) is 11.6 Å². The Kier molecular flexibility index (Phi) is 4.19. The average molecular weight is 316 g/mol. The Bertz CT molecular complexity index is 769. The number of amides is 1. The SMILES string of the molecule is Cc1cc(-c2nnc(SCC(=O)Nc3ccccc3)o2)no1. The average Bonchev–Trinajstić information content (AvgIpc) is 3.15. The maximum Gasteiger partial charge on any atom is 0.277 e. The van der Waals surface area contributed by atoms with Crippen LogP contribution in [0.2, 0.25) is 0 Å². The predicted molar refractivity (Wildman–Crippen MR) is 80.3 cm³/mol. The van der Waals surface area contributed by atoms with E-state index in [9.17, 15) is 4.79 Å². The zero-order valence-corrected chi connectivity index (χ0v) is 12.5. The molecule has 0 spiro atoms. The molecule has 2 aromatic heterocycles. The van der Waals surface area contributed by atoms with Crippen molar-refractivity contribution < 1.29 is 13.7 Å². The van der Waals surface area contributed by atoms with Gasteiger partial charge in [-0.05, 0) is 19.1 Å². The molecule has 1 amide bonds. The fourth-order valence-electron chi connectivity index (χ4n) is 1.68. The van der Waals surface area contributed by atoms with Gasteiger partial charge < -0.3 is 14.3 Å². The number of carbonyl (C=O) groups excluding carboxylic acids is 1. The van der Waals surface area contributed by atoms with Crippen molar-refractivity contribution in [2.24, 2.45) is 0 Å². The second-order valence-electron chi connectivity index (χ2n) is 4.40. The van der Waals surface area contributed by atoms with Gasteiger partial charge in [0.05, 0.1) is 5.75 Å². The van der Waals surface area contributed by atoms with Gasteiger partial charge in [-0.3, -0.25) is 4.79 Å². The van der Waals surface area contributed by atoms with E-state index < -0.39 is 0 Å². The minimum absolute atomic E-state index is 0.145. The number of aryl methyl sites for hydroxylation is 1. The number of carbonyl (C=O) groups is 1. The molecule has 1 N–H and O–H groups in total. The molecule has 0 atom stereocenters. The molecule has 1 aromatic carbocycles. The fraction of sp³-hybridized carbons (Fsp3) is 0.143. The summed E-state index contributed by atoms with van der Waals surface area (Å²) in [4.78, 5) is 11.8. The van der Waals surface area contributed by atoms with Crippen LogP contribution in [0.1, 0.15) is 5.76 Å². The maximum atomic E-state index is 11.8. The van der Waals surface area contributed by atoms with Gasteiger partial charge in [-0.15, -0.1) is 10.2 Å². The first-order chi connectivity index (χ1) is 10.7. The molecule has 0 saturated carbocycles. The van der Waals surface area contributed by atoms with Crippen LogP contribution in [0, 0.1) is 6.92 Å². The highest BCUT2D eigenvalue weighted by molar-refractivity contribution is 7.99. The number of hydrogen-bond acceptors (Lipinski definition) is 7. The van der Waals surface area contributed by atoms with Crippen LogP contribution < -0.4 is 5.32 Å². The highest BCUT2D eigenvalue weighted by Crippen LogP contribution is 2.22. The molecular formula is C14H12N4O3S. The molecule has 0 bridgehead atoms. The van der Waals surface area contributed by atoms with E-state index in [0.717, 1.165) is 17.4 Å². The first kappa shape index (κ1) is 14.3. The summed E-state index contributed by atoms with van der Waals surface area (Å²) in [6.07, 6.45) is 0. The highest BCUT2D eigenvalue weighted by atomic mass is 32.2. The Hall–Kier alpha value is -2.61. The molecule has 0 aliphatic carbocycles. The van der Waals surface area contributed by atoms with Gasteiger partial charge in [0.2, 0.25) is 5.91 Å². The third-order valence-electron chi connectivity index (χ3n) is 2.64. The standard InChI is InChI=1S/C14H12N4O3S/c1-9-7-11(18-21-9)13-16-17-14(20-13)22-8-12(19)15-10-5-3-2-4-6-10/h2-7H,8H2,1H3,(H,15,19). The molecule has 8 heteroatoms. The zero-order valence-electron chi connectivity index (χ0n) is 11.6. The number of nitrogens with zero attached hydrogens (tertiary/aromatic N) is 3. The molecule has 0 saturated heterocycles. The molecule has 3 rings (SSSR count). The minimum atomic E-state index is -0.145. The predicted octanol–water partition coefficient (Wildman–Crippen LogP) is 2.76. The van der Waals surface area contributed by atoms with E-state index in [1.807, 2.05) is 30.3 Å². The van der Waals surface area contributed by atoms with Crippen LogP contribution >= 0.6 is 11.8 Å². The molecule has 112 valence electrons. The number of nitrogens with one attached hydrogen (secondary N) is 1. The van der Waals surface area contributed by atoms with Crippen LogP contribution in [0.4, 0.5) is 5.69 Å². The van der Waals surface area contributed by atoms with Gasteiger partial charge in [0.15, 0.2) is 5.69 Å². The summed E-state index contributed by atoms with van der Waals surface area (Å²) in [5.41, 5.74) is 1.22. The number of rotatable bonds is 5. The number of aromatic nitrogens is 3. The summed E-state index contributed by atoms with van der Waals surface area (Å²) in [7, 11) is 0. The van der Waals surface area contributed by atoms with Gasteiger partial charge in [0, 0.05) is 11.8 Å². The van der Waals surface area contributed by atoms with Gasteiger partial charge in [-0.1, -0.05) is 35.1 Å². The van der Waals surface area contributed by atoms with Crippen molar-refractivity contribution in [1.82, 2.24) is 15.4 Å². The van der Waals surface area contributed by atoms with E-state index >= 15 is 0 Å². The Balaban J connectivity index is 1.56. The molecule has 7 nitrogen and oxygen atoms in total. The lowest BCUT2D eigenvalue weighted by Crippen LogP contribution is -2.13. The van der Waals surface area contributed by atoms with Crippen LogP contribution in [0.25, 0.3) is 11.6 Å². The number of benzene rings is 1. The van der Waals surface area contributed by atoms with Crippen LogP contribution in [-0.4, -0.2) is 27.0 Å².